The fourth-order valence-electron chi connectivity index (χ4n) is 2.11. The molecule has 18 heavy (non-hydrogen) atoms. The lowest BCUT2D eigenvalue weighted by molar-refractivity contribution is 0.389. The highest BCUT2D eigenvalue weighted by atomic mass is 79.9. The molecule has 0 atom stereocenters. The highest BCUT2D eigenvalue weighted by Gasteiger charge is 1.94. The first-order valence-electron chi connectivity index (χ1n) is 6.97. The first kappa shape index (κ1) is 17.7. The summed E-state index contributed by atoms with van der Waals surface area (Å²) >= 11 is 0. The molecule has 0 aliphatic heterocycles. The first-order chi connectivity index (χ1) is 8.29. The first-order valence-corrected chi connectivity index (χ1v) is 6.97. The molecule has 0 amide bonds. The molecule has 0 fully saturated rings. The van der Waals surface area contributed by atoms with Crippen LogP contribution in [0, 0.1) is 0 Å². The summed E-state index contributed by atoms with van der Waals surface area (Å²) in [6.07, 6.45) is 9.53. The molecule has 2 heteroatoms. The smallest absolute Gasteiger partial charge is 0.00248 e. The summed E-state index contributed by atoms with van der Waals surface area (Å²) in [5, 5.41) is 0. The second kappa shape index (κ2) is 11.7. The van der Waals surface area contributed by atoms with Gasteiger partial charge in [-0.1, -0.05) is 56.0 Å². The van der Waals surface area contributed by atoms with Crippen LogP contribution in [0.2, 0.25) is 0 Å². The fourth-order valence-corrected chi connectivity index (χ4v) is 2.11. The lowest BCUT2D eigenvalue weighted by Gasteiger charge is -2.08. The maximum absolute atomic E-state index is 2.27. The van der Waals surface area contributed by atoms with Gasteiger partial charge in [0.2, 0.25) is 0 Å². The fraction of sp³-hybridized carbons (Fsp3) is 0.625. The lowest BCUT2D eigenvalue weighted by Crippen LogP contribution is -2.12. The molecule has 0 bridgehead atoms. The van der Waals surface area contributed by atoms with Crippen molar-refractivity contribution >= 4 is 17.0 Å². The zero-order valence-electron chi connectivity index (χ0n) is 11.9. The summed E-state index contributed by atoms with van der Waals surface area (Å²) < 4.78 is 0. The molecule has 0 saturated carbocycles. The summed E-state index contributed by atoms with van der Waals surface area (Å²) in [6.45, 7) is 1.24. The highest BCUT2D eigenvalue weighted by Crippen LogP contribution is 2.09. The molecule has 0 aliphatic rings. The van der Waals surface area contributed by atoms with Crippen LogP contribution < -0.4 is 0 Å². The van der Waals surface area contributed by atoms with Crippen LogP contribution in [-0.2, 0) is 6.42 Å². The third kappa shape index (κ3) is 9.67. The van der Waals surface area contributed by atoms with Gasteiger partial charge in [0.05, 0.1) is 0 Å². The lowest BCUT2D eigenvalue weighted by atomic mass is 10.0. The van der Waals surface area contributed by atoms with E-state index in [1.807, 2.05) is 0 Å². The summed E-state index contributed by atoms with van der Waals surface area (Å²) in [5.74, 6) is 0. The van der Waals surface area contributed by atoms with Crippen molar-refractivity contribution in [1.29, 1.82) is 0 Å². The van der Waals surface area contributed by atoms with Crippen molar-refractivity contribution < 1.29 is 0 Å². The topological polar surface area (TPSA) is 3.24 Å². The Morgan fingerprint density at radius 1 is 0.778 bits per heavy atom. The predicted octanol–water partition coefficient (Wildman–Crippen LogP) is 4.71. The third-order valence-electron chi connectivity index (χ3n) is 3.16. The van der Waals surface area contributed by atoms with Crippen molar-refractivity contribution in [1.82, 2.24) is 4.90 Å². The number of nitrogens with zero attached hydrogens (tertiary/aromatic N) is 1. The van der Waals surface area contributed by atoms with Crippen molar-refractivity contribution in [2.24, 2.45) is 0 Å². The number of halogens is 1. The van der Waals surface area contributed by atoms with Crippen LogP contribution in [0.25, 0.3) is 0 Å². The minimum Gasteiger partial charge on any atom is -0.309 e. The average Bonchev–Trinajstić information content (AvgIpc) is 2.33. The summed E-state index contributed by atoms with van der Waals surface area (Å²) in [6, 6.07) is 10.8. The minimum absolute atomic E-state index is 0. The maximum Gasteiger partial charge on any atom is -0.00248 e. The van der Waals surface area contributed by atoms with Gasteiger partial charge < -0.3 is 4.90 Å². The van der Waals surface area contributed by atoms with Crippen LogP contribution in [0.5, 0.6) is 0 Å². The molecule has 0 aliphatic carbocycles. The molecule has 0 heterocycles. The van der Waals surface area contributed by atoms with Gasteiger partial charge in [-0.3, -0.25) is 0 Å². The van der Waals surface area contributed by atoms with Crippen LogP contribution in [0.1, 0.15) is 44.1 Å². The molecule has 1 rings (SSSR count). The molecule has 1 aromatic carbocycles. The van der Waals surface area contributed by atoms with Crippen molar-refractivity contribution in [3.63, 3.8) is 0 Å². The number of unbranched alkanes of at least 4 members (excludes halogenated alkanes) is 5. The summed E-state index contributed by atoms with van der Waals surface area (Å²) in [4.78, 5) is 2.27. The van der Waals surface area contributed by atoms with Crippen LogP contribution in [-0.4, -0.2) is 25.5 Å². The van der Waals surface area contributed by atoms with E-state index in [1.165, 1.54) is 57.1 Å². The Morgan fingerprint density at radius 3 is 1.94 bits per heavy atom. The summed E-state index contributed by atoms with van der Waals surface area (Å²) in [5.41, 5.74) is 1.49. The Morgan fingerprint density at radius 2 is 1.33 bits per heavy atom. The van der Waals surface area contributed by atoms with Crippen LogP contribution in [0.4, 0.5) is 0 Å². The molecule has 0 N–H and O–H groups in total. The van der Waals surface area contributed by atoms with Crippen LogP contribution in [0.3, 0.4) is 0 Å². The zero-order valence-corrected chi connectivity index (χ0v) is 13.6. The number of benzene rings is 1. The Kier molecular flexibility index (Phi) is 11.5. The number of hydrogen-bond donors (Lipinski definition) is 0. The van der Waals surface area contributed by atoms with E-state index in [4.69, 9.17) is 0 Å². The molecule has 0 aromatic heterocycles. The standard InChI is InChI=1S/C16H27N.BrH/c1-17(2)15-11-6-4-3-5-8-12-16-13-9-7-10-14-16;/h7,9-10,13-14H,3-6,8,11-12,15H2,1-2H3;1H. The Labute approximate surface area is 123 Å². The molecule has 0 spiro atoms. The van der Waals surface area contributed by atoms with Crippen molar-refractivity contribution in [3.8, 4) is 0 Å². The zero-order chi connectivity index (χ0) is 12.3. The second-order valence-electron chi connectivity index (χ2n) is 5.16. The van der Waals surface area contributed by atoms with Gasteiger partial charge in [-0.2, -0.15) is 0 Å². The number of hydrogen-bond acceptors (Lipinski definition) is 1. The van der Waals surface area contributed by atoms with Crippen molar-refractivity contribution in [3.05, 3.63) is 35.9 Å². The van der Waals surface area contributed by atoms with Gasteiger partial charge in [0, 0.05) is 0 Å². The van der Waals surface area contributed by atoms with E-state index < -0.39 is 0 Å². The quantitative estimate of drug-likeness (QED) is 0.597. The van der Waals surface area contributed by atoms with Crippen LogP contribution >= 0.6 is 17.0 Å². The molecular weight excluding hydrogens is 286 g/mol. The average molecular weight is 314 g/mol. The molecule has 104 valence electrons. The van der Waals surface area contributed by atoms with E-state index in [0.29, 0.717) is 0 Å². The Hall–Kier alpha value is -0.340. The molecule has 0 saturated heterocycles. The number of rotatable bonds is 9. The molecular formula is C16H28BrN. The van der Waals surface area contributed by atoms with E-state index in [2.05, 4.69) is 49.3 Å². The Balaban J connectivity index is 0.00000289. The predicted molar refractivity (Wildman–Crippen MR) is 86.7 cm³/mol. The summed E-state index contributed by atoms with van der Waals surface area (Å²) in [7, 11) is 4.31. The van der Waals surface area contributed by atoms with Gasteiger partial charge >= 0.3 is 0 Å². The third-order valence-corrected chi connectivity index (χ3v) is 3.16. The van der Waals surface area contributed by atoms with Crippen molar-refractivity contribution in [2.45, 2.75) is 44.9 Å². The Bertz CT molecular complexity index is 272. The van der Waals surface area contributed by atoms with E-state index >= 15 is 0 Å². The largest absolute Gasteiger partial charge is 0.309 e. The molecule has 1 aromatic rings. The minimum atomic E-state index is 0. The van der Waals surface area contributed by atoms with Gasteiger partial charge in [-0.15, -0.1) is 17.0 Å². The van der Waals surface area contributed by atoms with Crippen LogP contribution in [0.15, 0.2) is 30.3 Å². The van der Waals surface area contributed by atoms with E-state index in [9.17, 15) is 0 Å². The second-order valence-corrected chi connectivity index (χ2v) is 5.16. The highest BCUT2D eigenvalue weighted by molar-refractivity contribution is 8.93. The van der Waals surface area contributed by atoms with E-state index in [1.54, 1.807) is 0 Å². The van der Waals surface area contributed by atoms with E-state index in [0.717, 1.165) is 0 Å². The molecule has 1 nitrogen and oxygen atoms in total. The monoisotopic (exact) mass is 313 g/mol. The molecule has 0 radical (unpaired) electrons. The molecule has 0 unspecified atom stereocenters. The number of aryl methyl sites for hydroxylation is 1. The van der Waals surface area contributed by atoms with Crippen molar-refractivity contribution in [2.75, 3.05) is 20.6 Å². The van der Waals surface area contributed by atoms with Gasteiger partial charge in [-0.05, 0) is 45.5 Å². The SMILES string of the molecule is Br.CN(C)CCCCCCCCc1ccccc1. The normalized spacial score (nSPS) is 10.4. The van der Waals surface area contributed by atoms with E-state index in [-0.39, 0.29) is 17.0 Å². The van der Waals surface area contributed by atoms with Gasteiger partial charge in [-0.25, -0.2) is 0 Å². The van der Waals surface area contributed by atoms with Gasteiger partial charge in [0.25, 0.3) is 0 Å². The maximum atomic E-state index is 2.27. The van der Waals surface area contributed by atoms with Gasteiger partial charge in [0.15, 0.2) is 0 Å². The van der Waals surface area contributed by atoms with Gasteiger partial charge in [0.1, 0.15) is 0 Å².